The number of rotatable bonds is 0. The van der Waals surface area contributed by atoms with Crippen molar-refractivity contribution in [2.24, 2.45) is 0 Å². The molecule has 14 heavy (non-hydrogen) atoms. The molecule has 0 aliphatic heterocycles. The first-order valence-electron chi connectivity index (χ1n) is 3.85. The number of nitrogens with zero attached hydrogens (tertiary/aromatic N) is 2. The molecule has 0 bridgehead atoms. The molecule has 4 heteroatoms. The molecule has 68 valence electrons. The highest BCUT2D eigenvalue weighted by Gasteiger charge is 2.04. The Morgan fingerprint density at radius 3 is 2.86 bits per heavy atom. The van der Waals surface area contributed by atoms with Gasteiger partial charge in [0.2, 0.25) is 0 Å². The van der Waals surface area contributed by atoms with Crippen LogP contribution in [0.1, 0.15) is 5.56 Å². The lowest BCUT2D eigenvalue weighted by molar-refractivity contribution is 0.639. The van der Waals surface area contributed by atoms with Crippen molar-refractivity contribution in [3.8, 4) is 6.07 Å². The number of hydrogen-bond acceptors (Lipinski definition) is 2. The summed E-state index contributed by atoms with van der Waals surface area (Å²) in [5.41, 5.74) is 0.691. The third-order valence-corrected chi connectivity index (χ3v) is 2.05. The van der Waals surface area contributed by atoms with Gasteiger partial charge in [0.15, 0.2) is 0 Å². The summed E-state index contributed by atoms with van der Waals surface area (Å²) in [6, 6.07) is 6.04. The minimum Gasteiger partial charge on any atom is -0.255 e. The van der Waals surface area contributed by atoms with Crippen LogP contribution in [-0.2, 0) is 0 Å². The Balaban J connectivity index is 2.84. The number of halogens is 2. The van der Waals surface area contributed by atoms with E-state index in [2.05, 4.69) is 4.98 Å². The molecule has 2 nitrogen and oxygen atoms in total. The van der Waals surface area contributed by atoms with Crippen LogP contribution in [0.5, 0.6) is 0 Å². The zero-order chi connectivity index (χ0) is 10.1. The maximum atomic E-state index is 13.4. The number of aromatic nitrogens is 1. The number of pyridine rings is 1. The van der Waals surface area contributed by atoms with Crippen molar-refractivity contribution < 1.29 is 4.39 Å². The summed E-state index contributed by atoms with van der Waals surface area (Å²) in [5, 5.41) is 9.31. The van der Waals surface area contributed by atoms with Gasteiger partial charge in [-0.3, -0.25) is 4.98 Å². The maximum absolute atomic E-state index is 13.4. The van der Waals surface area contributed by atoms with Gasteiger partial charge in [0.25, 0.3) is 0 Å². The predicted octanol–water partition coefficient (Wildman–Crippen LogP) is 2.90. The van der Waals surface area contributed by atoms with E-state index in [0.29, 0.717) is 15.9 Å². The fraction of sp³-hybridized carbons (Fsp3) is 0. The van der Waals surface area contributed by atoms with E-state index in [1.807, 2.05) is 6.07 Å². The van der Waals surface area contributed by atoms with Crippen LogP contribution in [0.2, 0.25) is 5.02 Å². The van der Waals surface area contributed by atoms with E-state index in [9.17, 15) is 4.39 Å². The minimum atomic E-state index is -0.478. The molecule has 0 aliphatic rings. The first kappa shape index (κ1) is 8.92. The summed E-state index contributed by atoms with van der Waals surface area (Å²) < 4.78 is 13.4. The average Bonchev–Trinajstić information content (AvgIpc) is 2.19. The standard InChI is InChI=1S/C10H4ClFN2/c11-7-3-8-9(12)1-6(4-13)2-10(8)14-5-7/h1-3,5H. The van der Waals surface area contributed by atoms with Crippen LogP contribution in [0, 0.1) is 17.1 Å². The summed E-state index contributed by atoms with van der Waals surface area (Å²) >= 11 is 5.67. The first-order valence-corrected chi connectivity index (χ1v) is 4.23. The van der Waals surface area contributed by atoms with Gasteiger partial charge in [0.1, 0.15) is 5.82 Å². The van der Waals surface area contributed by atoms with Crippen LogP contribution in [0.3, 0.4) is 0 Å². The second-order valence-electron chi connectivity index (χ2n) is 2.79. The lowest BCUT2D eigenvalue weighted by Gasteiger charge is -1.99. The lowest BCUT2D eigenvalue weighted by atomic mass is 10.1. The zero-order valence-corrected chi connectivity index (χ0v) is 7.72. The smallest absolute Gasteiger partial charge is 0.133 e. The van der Waals surface area contributed by atoms with Gasteiger partial charge in [0, 0.05) is 11.6 Å². The Hall–Kier alpha value is -1.66. The van der Waals surface area contributed by atoms with Gasteiger partial charge in [0.05, 0.1) is 22.2 Å². The molecule has 0 atom stereocenters. The fourth-order valence-corrected chi connectivity index (χ4v) is 1.38. The largest absolute Gasteiger partial charge is 0.255 e. The molecule has 0 fully saturated rings. The normalized spacial score (nSPS) is 10.1. The van der Waals surface area contributed by atoms with Gasteiger partial charge in [-0.25, -0.2) is 4.39 Å². The lowest BCUT2D eigenvalue weighted by Crippen LogP contribution is -1.86. The van der Waals surface area contributed by atoms with Crippen molar-refractivity contribution in [1.29, 1.82) is 5.26 Å². The van der Waals surface area contributed by atoms with Crippen LogP contribution >= 0.6 is 11.6 Å². The quantitative estimate of drug-likeness (QED) is 0.665. The first-order chi connectivity index (χ1) is 6.70. The topological polar surface area (TPSA) is 36.7 Å². The average molecular weight is 207 g/mol. The van der Waals surface area contributed by atoms with Crippen molar-refractivity contribution in [3.63, 3.8) is 0 Å². The Bertz CT molecular complexity index is 546. The van der Waals surface area contributed by atoms with Crippen LogP contribution in [0.4, 0.5) is 4.39 Å². The molecule has 0 N–H and O–H groups in total. The van der Waals surface area contributed by atoms with E-state index in [-0.39, 0.29) is 5.56 Å². The van der Waals surface area contributed by atoms with Crippen molar-refractivity contribution >= 4 is 22.5 Å². The van der Waals surface area contributed by atoms with Crippen LogP contribution in [-0.4, -0.2) is 4.98 Å². The molecule has 0 saturated heterocycles. The van der Waals surface area contributed by atoms with Gasteiger partial charge in [-0.2, -0.15) is 5.26 Å². The predicted molar refractivity (Wildman–Crippen MR) is 51.4 cm³/mol. The Kier molecular flexibility index (Phi) is 2.06. The minimum absolute atomic E-state index is 0.254. The number of fused-ring (bicyclic) bond motifs is 1. The second kappa shape index (κ2) is 3.24. The van der Waals surface area contributed by atoms with Gasteiger partial charge in [-0.15, -0.1) is 0 Å². The molecule has 0 spiro atoms. The van der Waals surface area contributed by atoms with E-state index < -0.39 is 5.82 Å². The van der Waals surface area contributed by atoms with Crippen molar-refractivity contribution in [3.05, 3.63) is 40.8 Å². The second-order valence-corrected chi connectivity index (χ2v) is 3.23. The monoisotopic (exact) mass is 206 g/mol. The summed E-state index contributed by atoms with van der Waals surface area (Å²) in [6.45, 7) is 0. The molecule has 1 aromatic heterocycles. The highest BCUT2D eigenvalue weighted by Crippen LogP contribution is 2.21. The molecular formula is C10H4ClFN2. The summed E-state index contributed by atoms with van der Waals surface area (Å²) in [4.78, 5) is 3.93. The van der Waals surface area contributed by atoms with Gasteiger partial charge in [-0.1, -0.05) is 11.6 Å². The van der Waals surface area contributed by atoms with Crippen molar-refractivity contribution in [1.82, 2.24) is 4.98 Å². The number of benzene rings is 1. The third-order valence-electron chi connectivity index (χ3n) is 1.85. The van der Waals surface area contributed by atoms with Crippen molar-refractivity contribution in [2.75, 3.05) is 0 Å². The molecule has 1 aromatic carbocycles. The summed E-state index contributed by atoms with van der Waals surface area (Å²) in [6.07, 6.45) is 1.42. The molecule has 0 unspecified atom stereocenters. The molecular weight excluding hydrogens is 203 g/mol. The van der Waals surface area contributed by atoms with Gasteiger partial charge < -0.3 is 0 Å². The molecule has 0 amide bonds. The molecule has 2 aromatic rings. The van der Waals surface area contributed by atoms with E-state index in [0.717, 1.165) is 0 Å². The molecule has 0 radical (unpaired) electrons. The summed E-state index contributed by atoms with van der Waals surface area (Å²) in [5.74, 6) is -0.478. The van der Waals surface area contributed by atoms with Crippen LogP contribution in [0.25, 0.3) is 10.9 Å². The molecule has 0 saturated carbocycles. The highest BCUT2D eigenvalue weighted by molar-refractivity contribution is 6.31. The summed E-state index contributed by atoms with van der Waals surface area (Å²) in [7, 11) is 0. The Morgan fingerprint density at radius 2 is 2.14 bits per heavy atom. The highest BCUT2D eigenvalue weighted by atomic mass is 35.5. The third kappa shape index (κ3) is 1.40. The SMILES string of the molecule is N#Cc1cc(F)c2cc(Cl)cnc2c1. The Labute approximate surface area is 84.6 Å². The van der Waals surface area contributed by atoms with E-state index in [4.69, 9.17) is 16.9 Å². The molecule has 1 heterocycles. The van der Waals surface area contributed by atoms with Gasteiger partial charge >= 0.3 is 0 Å². The van der Waals surface area contributed by atoms with E-state index in [1.54, 1.807) is 0 Å². The van der Waals surface area contributed by atoms with Gasteiger partial charge in [-0.05, 0) is 18.2 Å². The maximum Gasteiger partial charge on any atom is 0.133 e. The van der Waals surface area contributed by atoms with E-state index >= 15 is 0 Å². The van der Waals surface area contributed by atoms with Crippen LogP contribution in [0.15, 0.2) is 24.4 Å². The molecule has 2 rings (SSSR count). The number of hydrogen-bond donors (Lipinski definition) is 0. The zero-order valence-electron chi connectivity index (χ0n) is 6.96. The number of nitriles is 1. The van der Waals surface area contributed by atoms with Crippen LogP contribution < -0.4 is 0 Å². The Morgan fingerprint density at radius 1 is 1.36 bits per heavy atom. The van der Waals surface area contributed by atoms with Crippen molar-refractivity contribution in [2.45, 2.75) is 0 Å². The fourth-order valence-electron chi connectivity index (χ4n) is 1.22. The van der Waals surface area contributed by atoms with E-state index in [1.165, 1.54) is 24.4 Å². The molecule has 0 aliphatic carbocycles.